The van der Waals surface area contributed by atoms with Gasteiger partial charge in [-0.1, -0.05) is 12.1 Å². The molecule has 7 nitrogen and oxygen atoms in total. The maximum atomic E-state index is 12.5. The van der Waals surface area contributed by atoms with Gasteiger partial charge in [0, 0.05) is 5.39 Å². The van der Waals surface area contributed by atoms with E-state index in [1.807, 2.05) is 0 Å². The lowest BCUT2D eigenvalue weighted by molar-refractivity contribution is -0.0493. The number of nitrogens with one attached hydrogen (secondary N) is 1. The molecule has 0 aliphatic heterocycles. The largest absolute Gasteiger partial charge is 0.461 e. The van der Waals surface area contributed by atoms with Crippen molar-refractivity contribution in [2.24, 2.45) is 0 Å². The Bertz CT molecular complexity index is 947. The molecule has 0 aliphatic rings. The second-order valence-electron chi connectivity index (χ2n) is 4.44. The summed E-state index contributed by atoms with van der Waals surface area (Å²) in [7, 11) is 0. The average Bonchev–Trinajstić information content (AvgIpc) is 2.89. The predicted molar refractivity (Wildman–Crippen MR) is 74.7 cm³/mol. The van der Waals surface area contributed by atoms with Crippen molar-refractivity contribution in [2.75, 3.05) is 6.61 Å². The molecule has 120 valence electrons. The highest BCUT2D eigenvalue weighted by Crippen LogP contribution is 2.35. The minimum atomic E-state index is -3.06. The number of para-hydroxylation sites is 1. The number of furan rings is 1. The first-order chi connectivity index (χ1) is 11.0. The lowest BCUT2D eigenvalue weighted by Crippen LogP contribution is -2.15. The molecule has 0 saturated heterocycles. The first-order valence-corrected chi connectivity index (χ1v) is 6.58. The fourth-order valence-electron chi connectivity index (χ4n) is 2.24. The normalized spacial score (nSPS) is 11.3. The SMILES string of the molecule is CCOC(=O)c1n[nH]c(=O)c2oc3c(OC(F)F)cccc3c12. The van der Waals surface area contributed by atoms with Gasteiger partial charge in [-0.15, -0.1) is 0 Å². The van der Waals surface area contributed by atoms with Gasteiger partial charge < -0.3 is 13.9 Å². The number of alkyl halides is 2. The minimum absolute atomic E-state index is 0.0770. The zero-order valence-corrected chi connectivity index (χ0v) is 11.8. The summed E-state index contributed by atoms with van der Waals surface area (Å²) in [5, 5.41) is 6.13. The number of fused-ring (bicyclic) bond motifs is 3. The second-order valence-corrected chi connectivity index (χ2v) is 4.44. The maximum Gasteiger partial charge on any atom is 0.387 e. The summed E-state index contributed by atoms with van der Waals surface area (Å²) in [6.07, 6.45) is 0. The van der Waals surface area contributed by atoms with E-state index >= 15 is 0 Å². The fourth-order valence-corrected chi connectivity index (χ4v) is 2.24. The molecule has 1 N–H and O–H groups in total. The van der Waals surface area contributed by atoms with Crippen molar-refractivity contribution in [2.45, 2.75) is 13.5 Å². The van der Waals surface area contributed by atoms with Crippen LogP contribution in [0, 0.1) is 0 Å². The Kier molecular flexibility index (Phi) is 3.68. The summed E-state index contributed by atoms with van der Waals surface area (Å²) >= 11 is 0. The zero-order chi connectivity index (χ0) is 16.6. The number of carbonyl (C=O) groups is 1. The summed E-state index contributed by atoms with van der Waals surface area (Å²) in [6, 6.07) is 4.21. The molecule has 2 heterocycles. The molecule has 0 saturated carbocycles. The lowest BCUT2D eigenvalue weighted by Gasteiger charge is -2.04. The molecule has 0 amide bonds. The Morgan fingerprint density at radius 1 is 1.39 bits per heavy atom. The van der Waals surface area contributed by atoms with Gasteiger partial charge in [-0.05, 0) is 13.0 Å². The maximum absolute atomic E-state index is 12.5. The van der Waals surface area contributed by atoms with Crippen LogP contribution in [0.5, 0.6) is 5.75 Å². The summed E-state index contributed by atoms with van der Waals surface area (Å²) in [5.74, 6) is -1.01. The van der Waals surface area contributed by atoms with E-state index in [0.717, 1.165) is 0 Å². The van der Waals surface area contributed by atoms with Gasteiger partial charge in [-0.25, -0.2) is 9.89 Å². The number of hydrogen-bond acceptors (Lipinski definition) is 6. The predicted octanol–water partition coefficient (Wildman–Crippen LogP) is 2.45. The molecule has 0 bridgehead atoms. The van der Waals surface area contributed by atoms with Crippen LogP contribution < -0.4 is 10.3 Å². The van der Waals surface area contributed by atoms with E-state index in [2.05, 4.69) is 14.9 Å². The average molecular weight is 324 g/mol. The molecule has 3 aromatic rings. The van der Waals surface area contributed by atoms with Crippen molar-refractivity contribution in [3.8, 4) is 5.75 Å². The van der Waals surface area contributed by atoms with Gasteiger partial charge in [-0.2, -0.15) is 13.9 Å². The van der Waals surface area contributed by atoms with Crippen molar-refractivity contribution in [1.82, 2.24) is 10.2 Å². The Morgan fingerprint density at radius 2 is 2.17 bits per heavy atom. The highest BCUT2D eigenvalue weighted by Gasteiger charge is 2.23. The van der Waals surface area contributed by atoms with Crippen molar-refractivity contribution in [3.63, 3.8) is 0 Å². The van der Waals surface area contributed by atoms with E-state index in [1.165, 1.54) is 18.2 Å². The number of ether oxygens (including phenoxy) is 2. The van der Waals surface area contributed by atoms with Crippen LogP contribution in [0.2, 0.25) is 0 Å². The van der Waals surface area contributed by atoms with Gasteiger partial charge in [0.25, 0.3) is 0 Å². The summed E-state index contributed by atoms with van der Waals surface area (Å²) < 4.78 is 39.5. The summed E-state index contributed by atoms with van der Waals surface area (Å²) in [4.78, 5) is 23.8. The van der Waals surface area contributed by atoms with Crippen LogP contribution in [0.4, 0.5) is 8.78 Å². The van der Waals surface area contributed by atoms with E-state index in [4.69, 9.17) is 9.15 Å². The van der Waals surface area contributed by atoms with Crippen molar-refractivity contribution < 1.29 is 27.5 Å². The molecule has 0 unspecified atom stereocenters. The van der Waals surface area contributed by atoms with E-state index in [1.54, 1.807) is 6.92 Å². The number of rotatable bonds is 4. The van der Waals surface area contributed by atoms with E-state index in [-0.39, 0.29) is 40.0 Å². The van der Waals surface area contributed by atoms with Crippen LogP contribution in [-0.2, 0) is 4.74 Å². The Morgan fingerprint density at radius 3 is 2.87 bits per heavy atom. The third-order valence-corrected chi connectivity index (χ3v) is 3.08. The van der Waals surface area contributed by atoms with Crippen molar-refractivity contribution in [3.05, 3.63) is 34.2 Å². The third-order valence-electron chi connectivity index (χ3n) is 3.08. The van der Waals surface area contributed by atoms with Crippen LogP contribution in [0.1, 0.15) is 17.4 Å². The zero-order valence-electron chi connectivity index (χ0n) is 11.8. The molecule has 0 spiro atoms. The van der Waals surface area contributed by atoms with Crippen LogP contribution in [0.15, 0.2) is 27.4 Å². The molecule has 1 aromatic carbocycles. The number of benzene rings is 1. The van der Waals surface area contributed by atoms with Crippen LogP contribution in [-0.4, -0.2) is 29.4 Å². The molecule has 3 rings (SSSR count). The van der Waals surface area contributed by atoms with E-state index < -0.39 is 18.1 Å². The Labute approximate surface area is 126 Å². The molecule has 0 fully saturated rings. The molecular weight excluding hydrogens is 314 g/mol. The molecule has 2 aromatic heterocycles. The van der Waals surface area contributed by atoms with Crippen molar-refractivity contribution >= 4 is 27.9 Å². The number of H-pyrrole nitrogens is 1. The number of esters is 1. The van der Waals surface area contributed by atoms with Gasteiger partial charge in [0.1, 0.15) is 0 Å². The standard InChI is InChI=1S/C14H10F2N2O5/c1-2-21-13(20)9-8-6-4-3-5-7(22-14(15)16)10(6)23-11(8)12(19)18-17-9/h3-5,14H,2H2,1H3,(H,18,19). The highest BCUT2D eigenvalue weighted by molar-refractivity contribution is 6.14. The number of aromatic nitrogens is 2. The van der Waals surface area contributed by atoms with Gasteiger partial charge in [0.15, 0.2) is 17.0 Å². The second kappa shape index (κ2) is 5.67. The summed E-state index contributed by atoms with van der Waals surface area (Å²) in [5.41, 5.74) is -1.17. The number of halogens is 2. The van der Waals surface area contributed by atoms with Crippen LogP contribution >= 0.6 is 0 Å². The van der Waals surface area contributed by atoms with Crippen molar-refractivity contribution in [1.29, 1.82) is 0 Å². The third kappa shape index (κ3) is 2.50. The van der Waals surface area contributed by atoms with Crippen LogP contribution in [0.3, 0.4) is 0 Å². The van der Waals surface area contributed by atoms with Gasteiger partial charge in [0.2, 0.25) is 5.58 Å². The Balaban J connectivity index is 2.35. The lowest BCUT2D eigenvalue weighted by atomic mass is 10.1. The molecular formula is C14H10F2N2O5. The van der Waals surface area contributed by atoms with E-state index in [9.17, 15) is 18.4 Å². The number of aromatic amines is 1. The monoisotopic (exact) mass is 324 g/mol. The minimum Gasteiger partial charge on any atom is -0.461 e. The smallest absolute Gasteiger partial charge is 0.387 e. The number of nitrogens with zero attached hydrogens (tertiary/aromatic N) is 1. The molecule has 23 heavy (non-hydrogen) atoms. The molecule has 0 aliphatic carbocycles. The first-order valence-electron chi connectivity index (χ1n) is 6.58. The fraction of sp³-hybridized carbons (Fsp3) is 0.214. The highest BCUT2D eigenvalue weighted by atomic mass is 19.3. The number of hydrogen-bond donors (Lipinski definition) is 1. The molecule has 9 heteroatoms. The summed E-state index contributed by atoms with van der Waals surface area (Å²) in [6.45, 7) is -1.34. The topological polar surface area (TPSA) is 94.4 Å². The molecule has 0 atom stereocenters. The van der Waals surface area contributed by atoms with Gasteiger partial charge in [-0.3, -0.25) is 4.79 Å². The number of carbonyl (C=O) groups excluding carboxylic acids is 1. The van der Waals surface area contributed by atoms with Crippen LogP contribution in [0.25, 0.3) is 21.9 Å². The Hall–Kier alpha value is -2.97. The first kappa shape index (κ1) is 14.9. The van der Waals surface area contributed by atoms with Gasteiger partial charge >= 0.3 is 18.1 Å². The molecule has 0 radical (unpaired) electrons. The van der Waals surface area contributed by atoms with E-state index in [0.29, 0.717) is 0 Å². The quantitative estimate of drug-likeness (QED) is 0.741. The van der Waals surface area contributed by atoms with Gasteiger partial charge in [0.05, 0.1) is 12.0 Å².